The van der Waals surface area contributed by atoms with Crippen molar-refractivity contribution in [3.05, 3.63) is 16.1 Å². The highest BCUT2D eigenvalue weighted by atomic mass is 35.5. The van der Waals surface area contributed by atoms with Gasteiger partial charge in [-0.1, -0.05) is 0 Å². The number of hydrogen-bond acceptors (Lipinski definition) is 4. The number of halogens is 1. The van der Waals surface area contributed by atoms with Crippen molar-refractivity contribution in [3.63, 3.8) is 0 Å². The van der Waals surface area contributed by atoms with Crippen LogP contribution in [0.15, 0.2) is 5.38 Å². The van der Waals surface area contributed by atoms with Crippen molar-refractivity contribution in [2.45, 2.75) is 19.9 Å². The van der Waals surface area contributed by atoms with E-state index in [2.05, 4.69) is 15.6 Å². The normalized spacial score (nSPS) is 17.1. The summed E-state index contributed by atoms with van der Waals surface area (Å²) in [5, 5.41) is 9.10. The van der Waals surface area contributed by atoms with Crippen LogP contribution >= 0.6 is 23.7 Å². The second-order valence-corrected chi connectivity index (χ2v) is 4.94. The third kappa shape index (κ3) is 2.93. The number of rotatable bonds is 3. The molecule has 4 nitrogen and oxygen atoms in total. The lowest BCUT2D eigenvalue weighted by Gasteiger charge is -2.27. The van der Waals surface area contributed by atoms with Gasteiger partial charge in [-0.05, 0) is 13.8 Å². The van der Waals surface area contributed by atoms with Crippen molar-refractivity contribution < 1.29 is 4.79 Å². The van der Waals surface area contributed by atoms with Gasteiger partial charge < -0.3 is 10.6 Å². The minimum Gasteiger partial charge on any atom is -0.348 e. The Hall–Kier alpha value is -0.650. The van der Waals surface area contributed by atoms with Crippen LogP contribution in [-0.4, -0.2) is 24.0 Å². The number of amides is 1. The third-order valence-corrected chi connectivity index (χ3v) is 3.38. The van der Waals surface area contributed by atoms with Crippen molar-refractivity contribution in [3.8, 4) is 0 Å². The maximum Gasteiger partial charge on any atom is 0.226 e. The monoisotopic (exact) mass is 261 g/mol. The topological polar surface area (TPSA) is 54.0 Å². The van der Waals surface area contributed by atoms with Crippen LogP contribution in [0.3, 0.4) is 0 Å². The van der Waals surface area contributed by atoms with Crippen molar-refractivity contribution in [2.75, 3.05) is 13.1 Å². The minimum atomic E-state index is 0. The summed E-state index contributed by atoms with van der Waals surface area (Å²) in [6.07, 6.45) is 0. The van der Waals surface area contributed by atoms with Crippen LogP contribution in [-0.2, 0) is 4.79 Å². The van der Waals surface area contributed by atoms with Gasteiger partial charge in [0.1, 0.15) is 0 Å². The Labute approximate surface area is 105 Å². The van der Waals surface area contributed by atoms with Gasteiger partial charge in [0, 0.05) is 18.5 Å². The first-order valence-electron chi connectivity index (χ1n) is 5.10. The summed E-state index contributed by atoms with van der Waals surface area (Å²) in [4.78, 5) is 16.0. The van der Waals surface area contributed by atoms with Crippen LogP contribution in [0.5, 0.6) is 0 Å². The van der Waals surface area contributed by atoms with Gasteiger partial charge in [0.25, 0.3) is 0 Å². The SMILES string of the molecule is Cc1nc(C(C)NC(=O)C2CNC2)cs1.Cl. The van der Waals surface area contributed by atoms with E-state index in [0.29, 0.717) is 0 Å². The summed E-state index contributed by atoms with van der Waals surface area (Å²) in [5.41, 5.74) is 0.957. The Bertz CT molecular complexity index is 365. The van der Waals surface area contributed by atoms with E-state index in [9.17, 15) is 4.79 Å². The number of thiazole rings is 1. The zero-order valence-electron chi connectivity index (χ0n) is 9.32. The van der Waals surface area contributed by atoms with E-state index in [1.54, 1.807) is 11.3 Å². The molecule has 0 saturated carbocycles. The minimum absolute atomic E-state index is 0. The van der Waals surface area contributed by atoms with Crippen LogP contribution in [0, 0.1) is 12.8 Å². The summed E-state index contributed by atoms with van der Waals surface area (Å²) in [7, 11) is 0. The molecule has 0 aromatic carbocycles. The van der Waals surface area contributed by atoms with Crippen molar-refractivity contribution >= 4 is 29.7 Å². The van der Waals surface area contributed by atoms with Gasteiger partial charge in [0.2, 0.25) is 5.91 Å². The fraction of sp³-hybridized carbons (Fsp3) is 0.600. The van der Waals surface area contributed by atoms with Gasteiger partial charge in [0.05, 0.1) is 22.7 Å². The van der Waals surface area contributed by atoms with Crippen LogP contribution in [0.25, 0.3) is 0 Å². The number of aryl methyl sites for hydroxylation is 1. The van der Waals surface area contributed by atoms with Gasteiger partial charge in [-0.25, -0.2) is 4.98 Å². The second-order valence-electron chi connectivity index (χ2n) is 3.88. The Morgan fingerprint density at radius 2 is 2.38 bits per heavy atom. The molecule has 1 atom stereocenters. The van der Waals surface area contributed by atoms with Gasteiger partial charge in [-0.3, -0.25) is 4.79 Å². The summed E-state index contributed by atoms with van der Waals surface area (Å²) in [5.74, 6) is 0.277. The Morgan fingerprint density at radius 1 is 1.69 bits per heavy atom. The van der Waals surface area contributed by atoms with E-state index in [1.165, 1.54) is 0 Å². The molecule has 1 aliphatic rings. The fourth-order valence-corrected chi connectivity index (χ4v) is 2.16. The quantitative estimate of drug-likeness (QED) is 0.862. The lowest BCUT2D eigenvalue weighted by Crippen LogP contribution is -2.51. The molecule has 0 radical (unpaired) electrons. The first kappa shape index (κ1) is 13.4. The second kappa shape index (κ2) is 5.61. The smallest absolute Gasteiger partial charge is 0.226 e. The summed E-state index contributed by atoms with van der Waals surface area (Å²) >= 11 is 1.61. The van der Waals surface area contributed by atoms with Crippen LogP contribution in [0.4, 0.5) is 0 Å². The fourth-order valence-electron chi connectivity index (χ4n) is 1.46. The number of carbonyl (C=O) groups is 1. The van der Waals surface area contributed by atoms with Crippen LogP contribution in [0.2, 0.25) is 0 Å². The maximum absolute atomic E-state index is 11.6. The molecule has 1 amide bonds. The molecule has 2 rings (SSSR count). The van der Waals surface area contributed by atoms with E-state index in [0.717, 1.165) is 23.8 Å². The Balaban J connectivity index is 0.00000128. The largest absolute Gasteiger partial charge is 0.348 e. The van der Waals surface area contributed by atoms with Crippen LogP contribution in [0.1, 0.15) is 23.7 Å². The third-order valence-electron chi connectivity index (χ3n) is 2.59. The molecular weight excluding hydrogens is 246 g/mol. The number of aromatic nitrogens is 1. The molecule has 0 aliphatic carbocycles. The predicted octanol–water partition coefficient (Wildman–Crippen LogP) is 1.27. The van der Waals surface area contributed by atoms with Gasteiger partial charge in [-0.2, -0.15) is 0 Å². The highest BCUT2D eigenvalue weighted by Gasteiger charge is 2.26. The molecule has 2 heterocycles. The molecule has 1 aromatic rings. The lowest BCUT2D eigenvalue weighted by atomic mass is 10.0. The molecule has 16 heavy (non-hydrogen) atoms. The summed E-state index contributed by atoms with van der Waals surface area (Å²) < 4.78 is 0. The molecule has 1 aromatic heterocycles. The molecule has 1 aliphatic heterocycles. The lowest BCUT2D eigenvalue weighted by molar-refractivity contribution is -0.127. The number of nitrogens with one attached hydrogen (secondary N) is 2. The average Bonchev–Trinajstić information content (AvgIpc) is 2.48. The molecule has 0 bridgehead atoms. The first-order valence-corrected chi connectivity index (χ1v) is 5.98. The summed E-state index contributed by atoms with van der Waals surface area (Å²) in [6.45, 7) is 5.54. The van der Waals surface area contributed by atoms with Crippen molar-refractivity contribution in [1.82, 2.24) is 15.6 Å². The molecule has 1 unspecified atom stereocenters. The number of carbonyl (C=O) groups excluding carboxylic acids is 1. The average molecular weight is 262 g/mol. The standard InChI is InChI=1S/C10H15N3OS.ClH/c1-6(9-5-15-7(2)13-9)12-10(14)8-3-11-4-8;/h5-6,8,11H,3-4H2,1-2H3,(H,12,14);1H. The van der Waals surface area contributed by atoms with E-state index in [4.69, 9.17) is 0 Å². The molecule has 0 spiro atoms. The van der Waals surface area contributed by atoms with Gasteiger partial charge >= 0.3 is 0 Å². The van der Waals surface area contributed by atoms with Gasteiger partial charge in [-0.15, -0.1) is 23.7 Å². The predicted molar refractivity (Wildman–Crippen MR) is 67.0 cm³/mol. The molecule has 6 heteroatoms. The highest BCUT2D eigenvalue weighted by Crippen LogP contribution is 2.16. The first-order chi connectivity index (χ1) is 7.16. The zero-order chi connectivity index (χ0) is 10.8. The molecule has 90 valence electrons. The van der Waals surface area contributed by atoms with E-state index >= 15 is 0 Å². The Morgan fingerprint density at radius 3 is 2.81 bits per heavy atom. The van der Waals surface area contributed by atoms with Crippen molar-refractivity contribution in [1.29, 1.82) is 0 Å². The molecule has 1 saturated heterocycles. The molecule has 1 fully saturated rings. The Kier molecular flexibility index (Phi) is 4.70. The highest BCUT2D eigenvalue weighted by molar-refractivity contribution is 7.09. The summed E-state index contributed by atoms with van der Waals surface area (Å²) in [6, 6.07) is 0.0167. The van der Waals surface area contributed by atoms with Gasteiger partial charge in [0.15, 0.2) is 0 Å². The molecular formula is C10H16ClN3OS. The molecule has 2 N–H and O–H groups in total. The number of nitrogens with zero attached hydrogens (tertiary/aromatic N) is 1. The van der Waals surface area contributed by atoms with E-state index < -0.39 is 0 Å². The zero-order valence-corrected chi connectivity index (χ0v) is 11.0. The van der Waals surface area contributed by atoms with E-state index in [1.807, 2.05) is 19.2 Å². The van der Waals surface area contributed by atoms with Crippen LogP contribution < -0.4 is 10.6 Å². The maximum atomic E-state index is 11.6. The van der Waals surface area contributed by atoms with Crippen molar-refractivity contribution in [2.24, 2.45) is 5.92 Å². The van der Waals surface area contributed by atoms with E-state index in [-0.39, 0.29) is 30.3 Å². The number of hydrogen-bond donors (Lipinski definition) is 2.